The lowest BCUT2D eigenvalue weighted by molar-refractivity contribution is 0.565. The number of hydrogen-bond donors (Lipinski definition) is 1. The van der Waals surface area contributed by atoms with Gasteiger partial charge in [-0.25, -0.2) is 4.39 Å². The van der Waals surface area contributed by atoms with E-state index in [-0.39, 0.29) is 11.9 Å². The van der Waals surface area contributed by atoms with Gasteiger partial charge in [0.1, 0.15) is 5.82 Å². The molecule has 1 nitrogen and oxygen atoms in total. The van der Waals surface area contributed by atoms with E-state index in [9.17, 15) is 4.39 Å². The average molecular weight is 271 g/mol. The Hall–Kier alpha value is -1.67. The molecular weight excluding hydrogens is 249 g/mol. The normalized spacial score (nSPS) is 12.7. The second-order valence-electron chi connectivity index (χ2n) is 5.55. The molecule has 0 saturated heterocycles. The topological polar surface area (TPSA) is 12.0 Å². The summed E-state index contributed by atoms with van der Waals surface area (Å²) < 4.78 is 13.2. The van der Waals surface area contributed by atoms with Gasteiger partial charge in [-0.05, 0) is 41.7 Å². The standard InChI is InChI=1S/C18H22FN/c1-13(2)16-9-7-15(8-10-16)12-20-14(3)17-5-4-6-18(19)11-17/h4-11,13-14,20H,12H2,1-3H3. The Morgan fingerprint density at radius 2 is 1.65 bits per heavy atom. The van der Waals surface area contributed by atoms with E-state index in [1.54, 1.807) is 12.1 Å². The molecule has 0 bridgehead atoms. The molecule has 2 rings (SSSR count). The largest absolute Gasteiger partial charge is 0.306 e. The highest BCUT2D eigenvalue weighted by molar-refractivity contribution is 5.25. The van der Waals surface area contributed by atoms with E-state index >= 15 is 0 Å². The summed E-state index contributed by atoms with van der Waals surface area (Å²) in [5, 5.41) is 3.42. The number of nitrogens with one attached hydrogen (secondary N) is 1. The van der Waals surface area contributed by atoms with Gasteiger partial charge < -0.3 is 5.32 Å². The van der Waals surface area contributed by atoms with Crippen LogP contribution in [-0.2, 0) is 6.54 Å². The van der Waals surface area contributed by atoms with Crippen molar-refractivity contribution in [2.45, 2.75) is 39.3 Å². The first kappa shape index (κ1) is 14.7. The zero-order valence-corrected chi connectivity index (χ0v) is 12.4. The number of halogens is 1. The molecule has 20 heavy (non-hydrogen) atoms. The lowest BCUT2D eigenvalue weighted by atomic mass is 10.0. The van der Waals surface area contributed by atoms with Crippen molar-refractivity contribution in [3.63, 3.8) is 0 Å². The van der Waals surface area contributed by atoms with Crippen molar-refractivity contribution in [3.8, 4) is 0 Å². The van der Waals surface area contributed by atoms with Gasteiger partial charge in [-0.2, -0.15) is 0 Å². The summed E-state index contributed by atoms with van der Waals surface area (Å²) in [6, 6.07) is 15.5. The second-order valence-corrected chi connectivity index (χ2v) is 5.55. The van der Waals surface area contributed by atoms with Gasteiger partial charge in [0.25, 0.3) is 0 Å². The maximum Gasteiger partial charge on any atom is 0.123 e. The first-order chi connectivity index (χ1) is 9.56. The van der Waals surface area contributed by atoms with Crippen LogP contribution in [0, 0.1) is 5.82 Å². The molecule has 2 aromatic rings. The molecule has 0 aliphatic heterocycles. The molecule has 0 aromatic heterocycles. The number of hydrogen-bond acceptors (Lipinski definition) is 1. The quantitative estimate of drug-likeness (QED) is 0.823. The van der Waals surface area contributed by atoms with Gasteiger partial charge in [0, 0.05) is 12.6 Å². The molecule has 0 saturated carbocycles. The molecule has 1 atom stereocenters. The van der Waals surface area contributed by atoms with Crippen LogP contribution in [0.4, 0.5) is 4.39 Å². The monoisotopic (exact) mass is 271 g/mol. The fourth-order valence-electron chi connectivity index (χ4n) is 2.19. The predicted octanol–water partition coefficient (Wildman–Crippen LogP) is 4.80. The molecule has 1 unspecified atom stereocenters. The van der Waals surface area contributed by atoms with Gasteiger partial charge in [0.05, 0.1) is 0 Å². The molecule has 0 amide bonds. The third-order valence-electron chi connectivity index (χ3n) is 3.61. The summed E-state index contributed by atoms with van der Waals surface area (Å²) in [5.74, 6) is 0.376. The minimum Gasteiger partial charge on any atom is -0.306 e. The Balaban J connectivity index is 1.94. The van der Waals surface area contributed by atoms with Crippen LogP contribution in [0.1, 0.15) is 49.4 Å². The summed E-state index contributed by atoms with van der Waals surface area (Å²) >= 11 is 0. The van der Waals surface area contributed by atoms with E-state index in [2.05, 4.69) is 50.4 Å². The molecular formula is C18H22FN. The molecule has 0 spiro atoms. The van der Waals surface area contributed by atoms with Crippen LogP contribution in [0.2, 0.25) is 0 Å². The summed E-state index contributed by atoms with van der Waals surface area (Å²) in [6.45, 7) is 7.23. The van der Waals surface area contributed by atoms with Gasteiger partial charge in [-0.3, -0.25) is 0 Å². The van der Waals surface area contributed by atoms with Crippen LogP contribution >= 0.6 is 0 Å². The predicted molar refractivity (Wildman–Crippen MR) is 82.2 cm³/mol. The minimum absolute atomic E-state index is 0.135. The van der Waals surface area contributed by atoms with Gasteiger partial charge in [-0.1, -0.05) is 50.2 Å². The van der Waals surface area contributed by atoms with Gasteiger partial charge in [-0.15, -0.1) is 0 Å². The maximum atomic E-state index is 13.2. The van der Waals surface area contributed by atoms with Gasteiger partial charge in [0.15, 0.2) is 0 Å². The van der Waals surface area contributed by atoms with Crippen LogP contribution < -0.4 is 5.32 Å². The summed E-state index contributed by atoms with van der Waals surface area (Å²) in [4.78, 5) is 0. The fourth-order valence-corrected chi connectivity index (χ4v) is 2.19. The highest BCUT2D eigenvalue weighted by Crippen LogP contribution is 2.16. The zero-order valence-electron chi connectivity index (χ0n) is 12.4. The molecule has 0 aliphatic rings. The minimum atomic E-state index is -0.183. The first-order valence-electron chi connectivity index (χ1n) is 7.14. The Morgan fingerprint density at radius 1 is 0.950 bits per heavy atom. The number of rotatable bonds is 5. The Morgan fingerprint density at radius 3 is 2.25 bits per heavy atom. The van der Waals surface area contributed by atoms with Crippen molar-refractivity contribution >= 4 is 0 Å². The third kappa shape index (κ3) is 3.91. The first-order valence-corrected chi connectivity index (χ1v) is 7.14. The lowest BCUT2D eigenvalue weighted by Crippen LogP contribution is -2.18. The third-order valence-corrected chi connectivity index (χ3v) is 3.61. The zero-order chi connectivity index (χ0) is 14.5. The van der Waals surface area contributed by atoms with Crippen LogP contribution in [0.5, 0.6) is 0 Å². The van der Waals surface area contributed by atoms with Crippen molar-refractivity contribution in [2.24, 2.45) is 0 Å². The number of benzene rings is 2. The van der Waals surface area contributed by atoms with Crippen molar-refractivity contribution in [1.82, 2.24) is 5.32 Å². The lowest BCUT2D eigenvalue weighted by Gasteiger charge is -2.15. The van der Waals surface area contributed by atoms with Crippen LogP contribution in [0.25, 0.3) is 0 Å². The molecule has 2 aromatic carbocycles. The van der Waals surface area contributed by atoms with Crippen molar-refractivity contribution in [3.05, 3.63) is 71.0 Å². The van der Waals surface area contributed by atoms with Crippen LogP contribution in [0.3, 0.4) is 0 Å². The summed E-state index contributed by atoms with van der Waals surface area (Å²) in [7, 11) is 0. The Labute approximate surface area is 120 Å². The maximum absolute atomic E-state index is 13.2. The molecule has 0 fully saturated rings. The van der Waals surface area contributed by atoms with E-state index in [0.717, 1.165) is 12.1 Å². The van der Waals surface area contributed by atoms with Gasteiger partial charge >= 0.3 is 0 Å². The fraction of sp³-hybridized carbons (Fsp3) is 0.333. The Kier molecular flexibility index (Phi) is 4.91. The molecule has 106 valence electrons. The van der Waals surface area contributed by atoms with E-state index < -0.39 is 0 Å². The van der Waals surface area contributed by atoms with E-state index in [0.29, 0.717) is 5.92 Å². The van der Waals surface area contributed by atoms with Crippen molar-refractivity contribution in [2.75, 3.05) is 0 Å². The van der Waals surface area contributed by atoms with E-state index in [1.807, 2.05) is 6.07 Å². The molecule has 1 N–H and O–H groups in total. The van der Waals surface area contributed by atoms with Gasteiger partial charge in [0.2, 0.25) is 0 Å². The highest BCUT2D eigenvalue weighted by atomic mass is 19.1. The average Bonchev–Trinajstić information content (AvgIpc) is 2.45. The molecule has 0 heterocycles. The molecule has 2 heteroatoms. The summed E-state index contributed by atoms with van der Waals surface area (Å²) in [5.41, 5.74) is 3.58. The van der Waals surface area contributed by atoms with Crippen molar-refractivity contribution in [1.29, 1.82) is 0 Å². The second kappa shape index (κ2) is 6.67. The highest BCUT2D eigenvalue weighted by Gasteiger charge is 2.06. The Bertz CT molecular complexity index is 546. The molecule has 0 radical (unpaired) electrons. The van der Waals surface area contributed by atoms with Crippen LogP contribution in [-0.4, -0.2) is 0 Å². The SMILES string of the molecule is CC(C)c1ccc(CNC(C)c2cccc(F)c2)cc1. The van der Waals surface area contributed by atoms with Crippen LogP contribution in [0.15, 0.2) is 48.5 Å². The van der Waals surface area contributed by atoms with E-state index in [4.69, 9.17) is 0 Å². The smallest absolute Gasteiger partial charge is 0.123 e. The summed E-state index contributed by atoms with van der Waals surface area (Å²) in [6.07, 6.45) is 0. The molecule has 0 aliphatic carbocycles. The van der Waals surface area contributed by atoms with Crippen molar-refractivity contribution < 1.29 is 4.39 Å². The van der Waals surface area contributed by atoms with E-state index in [1.165, 1.54) is 17.2 Å².